The van der Waals surface area contributed by atoms with Gasteiger partial charge in [-0.2, -0.15) is 0 Å². The van der Waals surface area contributed by atoms with Gasteiger partial charge in [0.15, 0.2) is 0 Å². The molecule has 0 aromatic carbocycles. The summed E-state index contributed by atoms with van der Waals surface area (Å²) in [5.74, 6) is 1.18. The van der Waals surface area contributed by atoms with Gasteiger partial charge in [-0.25, -0.2) is 4.98 Å². The van der Waals surface area contributed by atoms with Gasteiger partial charge >= 0.3 is 0 Å². The molecule has 0 aliphatic heterocycles. The average molecular weight is 295 g/mol. The minimum absolute atomic E-state index is 0.0898. The Kier molecular flexibility index (Phi) is 3.94. The number of pyridine rings is 1. The summed E-state index contributed by atoms with van der Waals surface area (Å²) in [5, 5.41) is 13.1. The van der Waals surface area contributed by atoms with Crippen LogP contribution in [0.5, 0.6) is 0 Å². The molecule has 2 aliphatic rings. The molecule has 0 bridgehead atoms. The lowest BCUT2D eigenvalue weighted by molar-refractivity contribution is 0.0879. The zero-order valence-corrected chi connectivity index (χ0v) is 12.0. The summed E-state index contributed by atoms with van der Waals surface area (Å²) in [5.41, 5.74) is 0.531. The molecule has 1 heterocycles. The van der Waals surface area contributed by atoms with Crippen molar-refractivity contribution < 1.29 is 9.90 Å². The lowest BCUT2D eigenvalue weighted by Gasteiger charge is -2.26. The average Bonchev–Trinajstić information content (AvgIpc) is 3.29. The zero-order valence-electron chi connectivity index (χ0n) is 11.3. The van der Waals surface area contributed by atoms with E-state index in [0.29, 0.717) is 22.6 Å². The molecular weight excluding hydrogens is 276 g/mol. The van der Waals surface area contributed by atoms with Crippen LogP contribution in [-0.4, -0.2) is 28.6 Å². The smallest absolute Gasteiger partial charge is 0.251 e. The lowest BCUT2D eigenvalue weighted by atomic mass is 9.91. The van der Waals surface area contributed by atoms with E-state index in [0.717, 1.165) is 12.8 Å². The molecule has 0 unspecified atom stereocenters. The highest BCUT2D eigenvalue weighted by Gasteiger charge is 2.43. The van der Waals surface area contributed by atoms with Crippen LogP contribution in [0.2, 0.25) is 5.15 Å². The predicted octanol–water partition coefficient (Wildman–Crippen LogP) is 2.26. The monoisotopic (exact) mass is 294 g/mol. The van der Waals surface area contributed by atoms with Crippen molar-refractivity contribution in [3.05, 3.63) is 29.0 Å². The maximum atomic E-state index is 12.3. The zero-order chi connectivity index (χ0) is 14.1. The third-order valence-electron chi connectivity index (χ3n) is 4.32. The van der Waals surface area contributed by atoms with Crippen LogP contribution in [0, 0.1) is 17.8 Å². The molecule has 2 atom stereocenters. The van der Waals surface area contributed by atoms with Gasteiger partial charge in [-0.1, -0.05) is 11.6 Å². The van der Waals surface area contributed by atoms with E-state index >= 15 is 0 Å². The number of halogens is 1. The van der Waals surface area contributed by atoms with Gasteiger partial charge in [0, 0.05) is 30.3 Å². The molecule has 20 heavy (non-hydrogen) atoms. The van der Waals surface area contributed by atoms with Gasteiger partial charge in [0.25, 0.3) is 5.91 Å². The van der Waals surface area contributed by atoms with Gasteiger partial charge in [0.2, 0.25) is 0 Å². The number of aromatic nitrogens is 1. The van der Waals surface area contributed by atoms with Crippen molar-refractivity contribution in [3.8, 4) is 0 Å². The van der Waals surface area contributed by atoms with Crippen LogP contribution in [0.25, 0.3) is 0 Å². The SMILES string of the molecule is O=C(N[C@@H](C1CC1)[C@H](CO)C1CC1)c1ccnc(Cl)c1. The van der Waals surface area contributed by atoms with Gasteiger partial charge < -0.3 is 10.4 Å². The van der Waals surface area contributed by atoms with Gasteiger partial charge in [-0.05, 0) is 49.7 Å². The first-order valence-electron chi connectivity index (χ1n) is 7.22. The summed E-state index contributed by atoms with van der Waals surface area (Å²) < 4.78 is 0. The number of aliphatic hydroxyl groups excluding tert-OH is 1. The topological polar surface area (TPSA) is 62.2 Å². The summed E-state index contributed by atoms with van der Waals surface area (Å²) in [7, 11) is 0. The fraction of sp³-hybridized carbons (Fsp3) is 0.600. The van der Waals surface area contributed by atoms with Crippen LogP contribution in [0.4, 0.5) is 0 Å². The molecule has 0 spiro atoms. The molecule has 5 heteroatoms. The third kappa shape index (κ3) is 3.13. The van der Waals surface area contributed by atoms with Crippen molar-refractivity contribution in [1.82, 2.24) is 10.3 Å². The molecule has 1 aromatic heterocycles. The second kappa shape index (κ2) is 5.70. The number of carbonyl (C=O) groups excluding carboxylic acids is 1. The number of hydrogen-bond donors (Lipinski definition) is 2. The Hall–Kier alpha value is -1.13. The van der Waals surface area contributed by atoms with E-state index in [1.807, 2.05) is 0 Å². The van der Waals surface area contributed by atoms with Crippen LogP contribution in [0.1, 0.15) is 36.0 Å². The molecule has 4 nitrogen and oxygen atoms in total. The molecule has 0 radical (unpaired) electrons. The molecule has 2 saturated carbocycles. The fourth-order valence-corrected chi connectivity index (χ4v) is 3.06. The number of amides is 1. The van der Waals surface area contributed by atoms with Crippen molar-refractivity contribution in [1.29, 1.82) is 0 Å². The van der Waals surface area contributed by atoms with Crippen molar-refractivity contribution in [2.75, 3.05) is 6.61 Å². The number of hydrogen-bond acceptors (Lipinski definition) is 3. The van der Waals surface area contributed by atoms with Gasteiger partial charge in [-0.15, -0.1) is 0 Å². The number of nitrogens with one attached hydrogen (secondary N) is 1. The lowest BCUT2D eigenvalue weighted by Crippen LogP contribution is -2.44. The summed E-state index contributed by atoms with van der Waals surface area (Å²) in [4.78, 5) is 16.2. The number of nitrogens with zero attached hydrogens (tertiary/aromatic N) is 1. The molecule has 2 fully saturated rings. The van der Waals surface area contributed by atoms with Crippen LogP contribution in [-0.2, 0) is 0 Å². The van der Waals surface area contributed by atoms with E-state index in [4.69, 9.17) is 11.6 Å². The van der Waals surface area contributed by atoms with Crippen molar-refractivity contribution in [2.24, 2.45) is 17.8 Å². The normalized spacial score (nSPS) is 21.3. The maximum absolute atomic E-state index is 12.3. The highest BCUT2D eigenvalue weighted by Crippen LogP contribution is 2.45. The molecule has 0 saturated heterocycles. The third-order valence-corrected chi connectivity index (χ3v) is 4.52. The summed E-state index contributed by atoms with van der Waals surface area (Å²) in [6, 6.07) is 3.33. The molecule has 2 aliphatic carbocycles. The van der Waals surface area contributed by atoms with Gasteiger partial charge in [0.1, 0.15) is 5.15 Å². The fourth-order valence-electron chi connectivity index (χ4n) is 2.89. The Bertz CT molecular complexity index is 500. The minimum Gasteiger partial charge on any atom is -0.396 e. The second-order valence-electron chi connectivity index (χ2n) is 5.89. The molecule has 2 N–H and O–H groups in total. The number of rotatable bonds is 6. The standard InChI is InChI=1S/C15H19ClN2O2/c16-13-7-11(5-6-17-13)15(20)18-14(10-3-4-10)12(8-19)9-1-2-9/h5-7,9-10,12,14,19H,1-4,8H2,(H,18,20)/t12-,14+/m1/s1. The van der Waals surface area contributed by atoms with Crippen LogP contribution in [0.15, 0.2) is 18.3 Å². The molecule has 1 aromatic rings. The first-order valence-corrected chi connectivity index (χ1v) is 7.60. The Morgan fingerprint density at radius 1 is 1.40 bits per heavy atom. The number of aliphatic hydroxyl groups is 1. The maximum Gasteiger partial charge on any atom is 0.251 e. The minimum atomic E-state index is -0.120. The van der Waals surface area contributed by atoms with E-state index in [9.17, 15) is 9.90 Å². The second-order valence-corrected chi connectivity index (χ2v) is 6.28. The Morgan fingerprint density at radius 3 is 2.65 bits per heavy atom. The van der Waals surface area contributed by atoms with Crippen molar-refractivity contribution >= 4 is 17.5 Å². The summed E-state index contributed by atoms with van der Waals surface area (Å²) in [6.45, 7) is 0.156. The first kappa shape index (κ1) is 13.8. The van der Waals surface area contributed by atoms with Crippen LogP contribution >= 0.6 is 11.6 Å². The summed E-state index contributed by atoms with van der Waals surface area (Å²) >= 11 is 5.82. The van der Waals surface area contributed by atoms with Gasteiger partial charge in [-0.3, -0.25) is 4.79 Å². The first-order chi connectivity index (χ1) is 9.69. The van der Waals surface area contributed by atoms with Gasteiger partial charge in [0.05, 0.1) is 0 Å². The van der Waals surface area contributed by atoms with Crippen LogP contribution < -0.4 is 5.32 Å². The van der Waals surface area contributed by atoms with E-state index in [2.05, 4.69) is 10.3 Å². The van der Waals surface area contributed by atoms with Crippen molar-refractivity contribution in [2.45, 2.75) is 31.7 Å². The quantitative estimate of drug-likeness (QED) is 0.791. The van der Waals surface area contributed by atoms with E-state index in [1.54, 1.807) is 12.1 Å². The van der Waals surface area contributed by atoms with Crippen molar-refractivity contribution in [3.63, 3.8) is 0 Å². The highest BCUT2D eigenvalue weighted by atomic mass is 35.5. The van der Waals surface area contributed by atoms with E-state index < -0.39 is 0 Å². The van der Waals surface area contributed by atoms with E-state index in [-0.39, 0.29) is 24.5 Å². The molecular formula is C15H19ClN2O2. The highest BCUT2D eigenvalue weighted by molar-refractivity contribution is 6.29. The van der Waals surface area contributed by atoms with Crippen LogP contribution in [0.3, 0.4) is 0 Å². The summed E-state index contributed by atoms with van der Waals surface area (Å²) in [6.07, 6.45) is 6.17. The molecule has 1 amide bonds. The van der Waals surface area contributed by atoms with E-state index in [1.165, 1.54) is 19.0 Å². The molecule has 108 valence electrons. The largest absolute Gasteiger partial charge is 0.396 e. The Morgan fingerprint density at radius 2 is 2.10 bits per heavy atom. The molecule has 3 rings (SSSR count). The Labute approximate surface area is 123 Å². The number of carbonyl (C=O) groups is 1. The Balaban J connectivity index is 1.71. The predicted molar refractivity (Wildman–Crippen MR) is 76.5 cm³/mol.